The highest BCUT2D eigenvalue weighted by molar-refractivity contribution is 6.38. The summed E-state index contributed by atoms with van der Waals surface area (Å²) < 4.78 is 0. The number of halogens is 1. The van der Waals surface area contributed by atoms with E-state index in [1.165, 1.54) is 18.1 Å². The highest BCUT2D eigenvalue weighted by atomic mass is 35.5. The van der Waals surface area contributed by atoms with E-state index in [1.54, 1.807) is 6.20 Å². The van der Waals surface area contributed by atoms with E-state index in [9.17, 15) is 9.59 Å². The summed E-state index contributed by atoms with van der Waals surface area (Å²) in [4.78, 5) is 40.8. The zero-order chi connectivity index (χ0) is 27.5. The number of amides is 1. The van der Waals surface area contributed by atoms with Crippen LogP contribution >= 0.6 is 11.6 Å². The molecular formula is C32H33ClN4O2. The summed E-state index contributed by atoms with van der Waals surface area (Å²) in [6.07, 6.45) is 7.24. The molecule has 2 aromatic carbocycles. The molecule has 4 heterocycles. The zero-order valence-corrected chi connectivity index (χ0v) is 23.7. The molecule has 1 aromatic heterocycles. The standard InChI is InChI=1S/C32H33ClN4O2/c1-20-25(18-34-30(35-20)36-13-9-6-10-14-36)27(38)17-24-23-15-22(33)16-26-28(23)37(29(24)39)31(2,3)19-32(26,4)21-11-7-5-8-12-21/h5,7-8,11-12,15-18H,6,9-10,13-14,19H2,1-4H3. The van der Waals surface area contributed by atoms with Gasteiger partial charge in [-0.3, -0.25) is 9.59 Å². The number of anilines is 2. The van der Waals surface area contributed by atoms with Crippen LogP contribution in [0.4, 0.5) is 11.6 Å². The number of benzene rings is 2. The van der Waals surface area contributed by atoms with Crippen LogP contribution in [-0.4, -0.2) is 40.3 Å². The number of hydrogen-bond donors (Lipinski definition) is 0. The van der Waals surface area contributed by atoms with Crippen molar-refractivity contribution in [2.75, 3.05) is 22.9 Å². The van der Waals surface area contributed by atoms with Gasteiger partial charge in [-0.1, -0.05) is 48.9 Å². The third-order valence-electron chi connectivity index (χ3n) is 8.57. The van der Waals surface area contributed by atoms with Crippen molar-refractivity contribution in [2.24, 2.45) is 0 Å². The minimum atomic E-state index is -0.481. The summed E-state index contributed by atoms with van der Waals surface area (Å²) in [6, 6.07) is 14.1. The first-order valence-corrected chi connectivity index (χ1v) is 14.1. The molecule has 1 atom stereocenters. The lowest BCUT2D eigenvalue weighted by Crippen LogP contribution is -2.54. The Bertz CT molecular complexity index is 1520. The van der Waals surface area contributed by atoms with Gasteiger partial charge in [0.25, 0.3) is 5.91 Å². The Morgan fingerprint density at radius 2 is 1.77 bits per heavy atom. The first kappa shape index (κ1) is 25.8. The van der Waals surface area contributed by atoms with Crippen LogP contribution in [0.3, 0.4) is 0 Å². The second kappa shape index (κ2) is 9.30. The van der Waals surface area contributed by atoms with Gasteiger partial charge in [0.05, 0.1) is 22.5 Å². The van der Waals surface area contributed by atoms with Crippen LogP contribution in [0, 0.1) is 6.92 Å². The molecule has 3 aliphatic heterocycles. The van der Waals surface area contributed by atoms with E-state index >= 15 is 0 Å². The Morgan fingerprint density at radius 3 is 2.46 bits per heavy atom. The van der Waals surface area contributed by atoms with E-state index < -0.39 is 5.54 Å². The topological polar surface area (TPSA) is 66.4 Å². The summed E-state index contributed by atoms with van der Waals surface area (Å²) in [5.41, 5.74) is 4.27. The Hall–Kier alpha value is -3.51. The maximum absolute atomic E-state index is 14.0. The fourth-order valence-corrected chi connectivity index (χ4v) is 6.99. The Morgan fingerprint density at radius 1 is 1.05 bits per heavy atom. The summed E-state index contributed by atoms with van der Waals surface area (Å²) in [7, 11) is 0. The monoisotopic (exact) mass is 540 g/mol. The summed E-state index contributed by atoms with van der Waals surface area (Å²) in [6.45, 7) is 10.1. The molecular weight excluding hydrogens is 508 g/mol. The van der Waals surface area contributed by atoms with Crippen molar-refractivity contribution in [3.8, 4) is 0 Å². The van der Waals surface area contributed by atoms with E-state index in [4.69, 9.17) is 11.6 Å². The second-order valence-electron chi connectivity index (χ2n) is 11.8. The van der Waals surface area contributed by atoms with Crippen LogP contribution in [-0.2, 0) is 10.2 Å². The van der Waals surface area contributed by atoms with Crippen molar-refractivity contribution in [2.45, 2.75) is 64.3 Å². The number of carbonyl (C=O) groups is 2. The first-order valence-electron chi connectivity index (χ1n) is 13.7. The average Bonchev–Trinajstić information content (AvgIpc) is 3.19. The highest BCUT2D eigenvalue weighted by Crippen LogP contribution is 2.56. The number of nitrogens with zero attached hydrogens (tertiary/aromatic N) is 4. The fraction of sp³-hybridized carbons (Fsp3) is 0.375. The maximum Gasteiger partial charge on any atom is 0.259 e. The van der Waals surface area contributed by atoms with Gasteiger partial charge in [0.2, 0.25) is 5.95 Å². The molecule has 200 valence electrons. The molecule has 0 N–H and O–H groups in total. The van der Waals surface area contributed by atoms with Crippen molar-refractivity contribution >= 4 is 40.5 Å². The molecule has 6 nitrogen and oxygen atoms in total. The van der Waals surface area contributed by atoms with Crippen molar-refractivity contribution in [1.82, 2.24) is 9.97 Å². The normalized spacial score (nSPS) is 22.8. The molecule has 0 saturated carbocycles. The summed E-state index contributed by atoms with van der Waals surface area (Å²) >= 11 is 6.68. The van der Waals surface area contributed by atoms with E-state index in [0.717, 1.165) is 37.2 Å². The number of hydrogen-bond acceptors (Lipinski definition) is 5. The quantitative estimate of drug-likeness (QED) is 0.278. The third-order valence-corrected chi connectivity index (χ3v) is 8.78. The van der Waals surface area contributed by atoms with Crippen molar-refractivity contribution in [3.05, 3.63) is 87.7 Å². The van der Waals surface area contributed by atoms with Gasteiger partial charge < -0.3 is 9.80 Å². The molecule has 0 aliphatic carbocycles. The van der Waals surface area contributed by atoms with Gasteiger partial charge in [-0.05, 0) is 75.8 Å². The SMILES string of the molecule is Cc1nc(N2CCCCC2)ncc1C(=O)C=C1C(=O)N2c3c1cc(Cl)cc3C(C)(c1ccccc1)CC2(C)C. The molecule has 1 fully saturated rings. The van der Waals surface area contributed by atoms with Gasteiger partial charge in [0.15, 0.2) is 5.78 Å². The van der Waals surface area contributed by atoms with Gasteiger partial charge in [-0.15, -0.1) is 0 Å². The van der Waals surface area contributed by atoms with Crippen molar-refractivity contribution in [1.29, 1.82) is 0 Å². The fourth-order valence-electron chi connectivity index (χ4n) is 6.78. The predicted octanol–water partition coefficient (Wildman–Crippen LogP) is 6.53. The van der Waals surface area contributed by atoms with E-state index in [2.05, 4.69) is 47.8 Å². The predicted molar refractivity (Wildman–Crippen MR) is 156 cm³/mol. The lowest BCUT2D eigenvalue weighted by molar-refractivity contribution is -0.114. The molecule has 7 heteroatoms. The molecule has 1 saturated heterocycles. The molecule has 0 bridgehead atoms. The number of carbonyl (C=O) groups excluding carboxylic acids is 2. The Balaban J connectivity index is 1.44. The summed E-state index contributed by atoms with van der Waals surface area (Å²) in [5.74, 6) is 0.206. The molecule has 39 heavy (non-hydrogen) atoms. The molecule has 1 amide bonds. The molecule has 0 spiro atoms. The van der Waals surface area contributed by atoms with E-state index in [0.29, 0.717) is 39.8 Å². The van der Waals surface area contributed by atoms with E-state index in [-0.39, 0.29) is 17.1 Å². The molecule has 0 radical (unpaired) electrons. The number of aromatic nitrogens is 2. The number of allylic oxidation sites excluding steroid dienone is 1. The average molecular weight is 541 g/mol. The Labute approximate surface area is 234 Å². The smallest absolute Gasteiger partial charge is 0.259 e. The Kier molecular flexibility index (Phi) is 6.14. The van der Waals surface area contributed by atoms with Gasteiger partial charge in [-0.25, -0.2) is 9.97 Å². The number of piperidine rings is 1. The van der Waals surface area contributed by atoms with Crippen LogP contribution < -0.4 is 9.80 Å². The first-order chi connectivity index (χ1) is 18.6. The molecule has 6 rings (SSSR count). The van der Waals surface area contributed by atoms with E-state index in [1.807, 2.05) is 42.2 Å². The second-order valence-corrected chi connectivity index (χ2v) is 12.3. The molecule has 3 aromatic rings. The van der Waals surface area contributed by atoms with Crippen molar-refractivity contribution < 1.29 is 9.59 Å². The van der Waals surface area contributed by atoms with Crippen LogP contribution in [0.15, 0.2) is 54.7 Å². The van der Waals surface area contributed by atoms with Gasteiger partial charge in [0, 0.05) is 40.8 Å². The highest BCUT2D eigenvalue weighted by Gasteiger charge is 2.52. The minimum absolute atomic E-state index is 0.175. The van der Waals surface area contributed by atoms with Crippen LogP contribution in [0.1, 0.15) is 79.2 Å². The number of aryl methyl sites for hydroxylation is 1. The molecule has 3 aliphatic rings. The van der Waals surface area contributed by atoms with Gasteiger partial charge in [-0.2, -0.15) is 0 Å². The van der Waals surface area contributed by atoms with Crippen LogP contribution in [0.5, 0.6) is 0 Å². The van der Waals surface area contributed by atoms with Gasteiger partial charge >= 0.3 is 0 Å². The molecule has 1 unspecified atom stereocenters. The minimum Gasteiger partial charge on any atom is -0.341 e. The lowest BCUT2D eigenvalue weighted by atomic mass is 9.65. The maximum atomic E-state index is 14.0. The van der Waals surface area contributed by atoms with Crippen molar-refractivity contribution in [3.63, 3.8) is 0 Å². The number of rotatable bonds is 4. The number of ketones is 1. The van der Waals surface area contributed by atoms with Crippen LogP contribution in [0.2, 0.25) is 5.02 Å². The van der Waals surface area contributed by atoms with Crippen LogP contribution in [0.25, 0.3) is 5.57 Å². The lowest BCUT2D eigenvalue weighted by Gasteiger charge is -2.49. The summed E-state index contributed by atoms with van der Waals surface area (Å²) in [5, 5.41) is 0.545. The van der Waals surface area contributed by atoms with Gasteiger partial charge in [0.1, 0.15) is 0 Å². The zero-order valence-electron chi connectivity index (χ0n) is 22.9. The third kappa shape index (κ3) is 4.17. The largest absolute Gasteiger partial charge is 0.341 e.